The van der Waals surface area contributed by atoms with Crippen LogP contribution in [0.4, 0.5) is 4.39 Å². The molecule has 1 aromatic heterocycles. The van der Waals surface area contributed by atoms with E-state index in [9.17, 15) is 17.6 Å². The number of carbonyl (C=O) groups excluding carboxylic acids is 1. The quantitative estimate of drug-likeness (QED) is 0.646. The summed E-state index contributed by atoms with van der Waals surface area (Å²) in [6, 6.07) is 11.4. The number of benzene rings is 2. The molecule has 152 valence electrons. The smallest absolute Gasteiger partial charge is 0.290 e. The van der Waals surface area contributed by atoms with Crippen molar-refractivity contribution < 1.29 is 22.0 Å². The monoisotopic (exact) mass is 415 g/mol. The van der Waals surface area contributed by atoms with Gasteiger partial charge in [0.05, 0.1) is 11.5 Å². The average molecular weight is 415 g/mol. The Labute approximate surface area is 169 Å². The van der Waals surface area contributed by atoms with E-state index in [4.69, 9.17) is 4.42 Å². The molecule has 0 N–H and O–H groups in total. The minimum Gasteiger partial charge on any atom is -0.451 e. The lowest BCUT2D eigenvalue weighted by molar-refractivity contribution is 0.0647. The van der Waals surface area contributed by atoms with E-state index >= 15 is 0 Å². The predicted molar refractivity (Wildman–Crippen MR) is 109 cm³/mol. The van der Waals surface area contributed by atoms with Crippen molar-refractivity contribution >= 4 is 26.7 Å². The van der Waals surface area contributed by atoms with Gasteiger partial charge in [0.2, 0.25) is 0 Å². The third kappa shape index (κ3) is 3.79. The van der Waals surface area contributed by atoms with Crippen molar-refractivity contribution in [2.45, 2.75) is 32.9 Å². The van der Waals surface area contributed by atoms with Gasteiger partial charge >= 0.3 is 0 Å². The Morgan fingerprint density at radius 1 is 1.21 bits per heavy atom. The van der Waals surface area contributed by atoms with E-state index in [1.54, 1.807) is 25.1 Å². The van der Waals surface area contributed by atoms with Crippen LogP contribution < -0.4 is 0 Å². The summed E-state index contributed by atoms with van der Waals surface area (Å²) in [6.07, 6.45) is 0.334. The van der Waals surface area contributed by atoms with Gasteiger partial charge in [0.1, 0.15) is 11.4 Å². The SMILES string of the molecule is Cc1ccc2c(C)c(C(=O)N(Cc3ccccc3F)C3CCS(=O)(=O)C3)oc2c1. The first-order valence-corrected chi connectivity index (χ1v) is 11.3. The Morgan fingerprint density at radius 3 is 2.66 bits per heavy atom. The maximum atomic E-state index is 14.3. The highest BCUT2D eigenvalue weighted by molar-refractivity contribution is 7.91. The number of halogens is 1. The molecular formula is C22H22FNO4S. The number of hydrogen-bond donors (Lipinski definition) is 0. The maximum absolute atomic E-state index is 14.3. The summed E-state index contributed by atoms with van der Waals surface area (Å²) in [5, 5.41) is 0.837. The minimum atomic E-state index is -3.22. The van der Waals surface area contributed by atoms with Gasteiger partial charge in [-0.25, -0.2) is 12.8 Å². The van der Waals surface area contributed by atoms with Crippen molar-refractivity contribution in [1.29, 1.82) is 0 Å². The summed E-state index contributed by atoms with van der Waals surface area (Å²) in [5.74, 6) is -0.765. The molecule has 0 aliphatic carbocycles. The number of amides is 1. The van der Waals surface area contributed by atoms with Gasteiger partial charge in [-0.1, -0.05) is 30.3 Å². The fourth-order valence-corrected chi connectivity index (χ4v) is 5.60. The summed E-state index contributed by atoms with van der Waals surface area (Å²) < 4.78 is 44.2. The topological polar surface area (TPSA) is 67.6 Å². The molecule has 7 heteroatoms. The number of nitrogens with zero attached hydrogens (tertiary/aromatic N) is 1. The van der Waals surface area contributed by atoms with Crippen molar-refractivity contribution in [2.24, 2.45) is 0 Å². The van der Waals surface area contributed by atoms with Crippen LogP contribution in [-0.4, -0.2) is 36.8 Å². The lowest BCUT2D eigenvalue weighted by Gasteiger charge is -2.28. The zero-order valence-electron chi connectivity index (χ0n) is 16.3. The molecule has 3 aromatic rings. The second-order valence-corrected chi connectivity index (χ2v) is 9.87. The summed E-state index contributed by atoms with van der Waals surface area (Å²) in [4.78, 5) is 14.9. The second kappa shape index (κ2) is 7.30. The molecule has 0 radical (unpaired) electrons. The third-order valence-electron chi connectivity index (χ3n) is 5.50. The van der Waals surface area contributed by atoms with Gasteiger partial charge in [0.15, 0.2) is 15.6 Å². The number of hydrogen-bond acceptors (Lipinski definition) is 4. The number of sulfone groups is 1. The molecule has 4 rings (SSSR count). The Hall–Kier alpha value is -2.67. The van der Waals surface area contributed by atoms with Crippen LogP contribution >= 0.6 is 0 Å². The molecule has 0 saturated carbocycles. The lowest BCUT2D eigenvalue weighted by Crippen LogP contribution is -2.41. The summed E-state index contributed by atoms with van der Waals surface area (Å²) >= 11 is 0. The molecule has 2 heterocycles. The number of rotatable bonds is 4. The number of carbonyl (C=O) groups is 1. The average Bonchev–Trinajstić information content (AvgIpc) is 3.19. The van der Waals surface area contributed by atoms with Crippen LogP contribution in [0, 0.1) is 19.7 Å². The molecule has 29 heavy (non-hydrogen) atoms. The van der Waals surface area contributed by atoms with Crippen LogP contribution in [0.3, 0.4) is 0 Å². The van der Waals surface area contributed by atoms with E-state index in [0.29, 0.717) is 23.1 Å². The number of fused-ring (bicyclic) bond motifs is 1. The van der Waals surface area contributed by atoms with Gasteiger partial charge in [-0.15, -0.1) is 0 Å². The Balaban J connectivity index is 1.75. The predicted octanol–water partition coefficient (Wildman–Crippen LogP) is 4.02. The highest BCUT2D eigenvalue weighted by Gasteiger charge is 2.37. The molecule has 0 spiro atoms. The van der Waals surface area contributed by atoms with Crippen LogP contribution in [0.1, 0.15) is 33.7 Å². The first-order valence-electron chi connectivity index (χ1n) is 9.50. The molecule has 1 unspecified atom stereocenters. The highest BCUT2D eigenvalue weighted by Crippen LogP contribution is 2.30. The fraction of sp³-hybridized carbons (Fsp3) is 0.318. The van der Waals surface area contributed by atoms with Gasteiger partial charge in [-0.3, -0.25) is 4.79 Å². The molecular weight excluding hydrogens is 393 g/mol. The molecule has 1 aliphatic heterocycles. The molecule has 1 fully saturated rings. The maximum Gasteiger partial charge on any atom is 0.290 e. The van der Waals surface area contributed by atoms with Crippen LogP contribution in [0.15, 0.2) is 46.9 Å². The summed E-state index contributed by atoms with van der Waals surface area (Å²) in [5.41, 5.74) is 2.66. The van der Waals surface area contributed by atoms with Crippen molar-refractivity contribution in [2.75, 3.05) is 11.5 Å². The third-order valence-corrected chi connectivity index (χ3v) is 7.25. The van der Waals surface area contributed by atoms with Gasteiger partial charge < -0.3 is 9.32 Å². The number of aryl methyl sites for hydroxylation is 2. The van der Waals surface area contributed by atoms with Crippen LogP contribution in [0.25, 0.3) is 11.0 Å². The first-order chi connectivity index (χ1) is 13.7. The van der Waals surface area contributed by atoms with Gasteiger partial charge in [0.25, 0.3) is 5.91 Å². The standard InChI is InChI=1S/C22H22FNO4S/c1-14-7-8-18-15(2)21(28-20(18)11-14)22(25)24(17-9-10-29(26,27)13-17)12-16-5-3-4-6-19(16)23/h3-8,11,17H,9-10,12-13H2,1-2H3. The zero-order chi connectivity index (χ0) is 20.8. The molecule has 1 aliphatic rings. The van der Waals surface area contributed by atoms with Crippen molar-refractivity contribution in [3.05, 3.63) is 70.7 Å². The summed E-state index contributed by atoms with van der Waals surface area (Å²) in [6.45, 7) is 3.73. The van der Waals surface area contributed by atoms with E-state index in [0.717, 1.165) is 10.9 Å². The van der Waals surface area contributed by atoms with E-state index in [-0.39, 0.29) is 23.8 Å². The van der Waals surface area contributed by atoms with Crippen LogP contribution in [0.5, 0.6) is 0 Å². The first kappa shape index (κ1) is 19.6. The Bertz CT molecular complexity index is 1200. The van der Waals surface area contributed by atoms with Crippen LogP contribution in [0.2, 0.25) is 0 Å². The largest absolute Gasteiger partial charge is 0.451 e. The van der Waals surface area contributed by atoms with E-state index in [2.05, 4.69) is 0 Å². The minimum absolute atomic E-state index is 0.0127. The summed E-state index contributed by atoms with van der Waals surface area (Å²) in [7, 11) is -3.22. The molecule has 1 saturated heterocycles. The Morgan fingerprint density at radius 2 is 1.97 bits per heavy atom. The van der Waals surface area contributed by atoms with E-state index < -0.39 is 27.6 Å². The van der Waals surface area contributed by atoms with Crippen molar-refractivity contribution in [3.8, 4) is 0 Å². The van der Waals surface area contributed by atoms with Gasteiger partial charge in [-0.05, 0) is 38.0 Å². The molecule has 2 aromatic carbocycles. The van der Waals surface area contributed by atoms with E-state index in [1.165, 1.54) is 11.0 Å². The van der Waals surface area contributed by atoms with Crippen molar-refractivity contribution in [3.63, 3.8) is 0 Å². The number of furan rings is 1. The van der Waals surface area contributed by atoms with Crippen LogP contribution in [-0.2, 0) is 16.4 Å². The molecule has 0 bridgehead atoms. The highest BCUT2D eigenvalue weighted by atomic mass is 32.2. The van der Waals surface area contributed by atoms with Gasteiger partial charge in [0, 0.05) is 29.1 Å². The van der Waals surface area contributed by atoms with Gasteiger partial charge in [-0.2, -0.15) is 0 Å². The zero-order valence-corrected chi connectivity index (χ0v) is 17.1. The molecule has 1 amide bonds. The van der Waals surface area contributed by atoms with Crippen molar-refractivity contribution in [1.82, 2.24) is 4.90 Å². The Kier molecular flexibility index (Phi) is 4.94. The lowest BCUT2D eigenvalue weighted by atomic mass is 10.1. The van der Waals surface area contributed by atoms with E-state index in [1.807, 2.05) is 25.1 Å². The molecule has 1 atom stereocenters. The molecule has 5 nitrogen and oxygen atoms in total. The fourth-order valence-electron chi connectivity index (χ4n) is 3.87. The second-order valence-electron chi connectivity index (χ2n) is 7.64. The normalized spacial score (nSPS) is 18.2.